The second kappa shape index (κ2) is 5.58. The highest BCUT2D eigenvalue weighted by molar-refractivity contribution is 4.75. The molecule has 1 aliphatic rings. The molecule has 0 bridgehead atoms. The molecule has 0 saturated carbocycles. The van der Waals surface area contributed by atoms with Crippen LogP contribution in [0.15, 0.2) is 0 Å². The van der Waals surface area contributed by atoms with Crippen molar-refractivity contribution in [3.05, 3.63) is 0 Å². The van der Waals surface area contributed by atoms with Gasteiger partial charge in [0.15, 0.2) is 0 Å². The van der Waals surface area contributed by atoms with Gasteiger partial charge in [0.1, 0.15) is 6.79 Å². The normalized spacial score (nSPS) is 22.8. The Hall–Kier alpha value is -0.120. The van der Waals surface area contributed by atoms with Gasteiger partial charge in [0.05, 0.1) is 12.7 Å². The summed E-state index contributed by atoms with van der Waals surface area (Å²) in [6, 6.07) is 0. The third kappa shape index (κ3) is 6.99. The summed E-state index contributed by atoms with van der Waals surface area (Å²) in [5.41, 5.74) is 0.233. The summed E-state index contributed by atoms with van der Waals surface area (Å²) in [4.78, 5) is 0. The predicted molar refractivity (Wildman–Crippen MR) is 52.5 cm³/mol. The fraction of sp³-hybridized carbons (Fsp3) is 1.00. The first-order chi connectivity index (χ1) is 5.84. The molecule has 13 heavy (non-hydrogen) atoms. The standard InChI is InChI=1S/C7H14O2.C3H8O/c1-7(2,3)6-4-8-5-9-6;1-3(2)4/h6H,4-5H2,1-3H3;3-4H,1-2H3. The van der Waals surface area contributed by atoms with Crippen LogP contribution in [0.1, 0.15) is 34.6 Å². The SMILES string of the molecule is CC(C)(C)C1COCO1.CC(C)O. The Balaban J connectivity index is 0.000000310. The summed E-state index contributed by atoms with van der Waals surface area (Å²) in [6.07, 6.45) is 0.123. The number of hydrogen-bond acceptors (Lipinski definition) is 3. The van der Waals surface area contributed by atoms with E-state index in [2.05, 4.69) is 20.8 Å². The molecule has 3 heteroatoms. The maximum absolute atomic E-state index is 8.06. The van der Waals surface area contributed by atoms with E-state index in [-0.39, 0.29) is 17.6 Å². The third-order valence-corrected chi connectivity index (χ3v) is 1.59. The first-order valence-electron chi connectivity index (χ1n) is 4.71. The van der Waals surface area contributed by atoms with E-state index < -0.39 is 0 Å². The van der Waals surface area contributed by atoms with Crippen molar-refractivity contribution in [1.82, 2.24) is 0 Å². The zero-order valence-corrected chi connectivity index (χ0v) is 9.33. The summed E-state index contributed by atoms with van der Waals surface area (Å²) in [5, 5.41) is 8.06. The van der Waals surface area contributed by atoms with Gasteiger partial charge < -0.3 is 14.6 Å². The molecule has 0 amide bonds. The van der Waals surface area contributed by atoms with E-state index in [9.17, 15) is 0 Å². The van der Waals surface area contributed by atoms with Crippen LogP contribution in [0.2, 0.25) is 0 Å². The zero-order valence-electron chi connectivity index (χ0n) is 9.33. The minimum absolute atomic E-state index is 0.167. The van der Waals surface area contributed by atoms with Crippen molar-refractivity contribution in [3.8, 4) is 0 Å². The molecule has 1 atom stereocenters. The van der Waals surface area contributed by atoms with E-state index in [1.165, 1.54) is 0 Å². The van der Waals surface area contributed by atoms with E-state index in [1.807, 2.05) is 0 Å². The first-order valence-corrected chi connectivity index (χ1v) is 4.71. The van der Waals surface area contributed by atoms with Gasteiger partial charge in [-0.25, -0.2) is 0 Å². The highest BCUT2D eigenvalue weighted by atomic mass is 16.7. The van der Waals surface area contributed by atoms with Crippen LogP contribution in [0.5, 0.6) is 0 Å². The number of aliphatic hydroxyl groups excluding tert-OH is 1. The minimum Gasteiger partial charge on any atom is -0.394 e. The van der Waals surface area contributed by atoms with Gasteiger partial charge >= 0.3 is 0 Å². The topological polar surface area (TPSA) is 38.7 Å². The Labute approximate surface area is 81.0 Å². The molecule has 1 unspecified atom stereocenters. The lowest BCUT2D eigenvalue weighted by molar-refractivity contribution is 0.00941. The van der Waals surface area contributed by atoms with Crippen molar-refractivity contribution >= 4 is 0 Å². The Morgan fingerprint density at radius 1 is 1.31 bits per heavy atom. The highest BCUT2D eigenvalue weighted by Crippen LogP contribution is 2.25. The number of hydrogen-bond donors (Lipinski definition) is 1. The predicted octanol–water partition coefficient (Wildman–Crippen LogP) is 1.79. The summed E-state index contributed by atoms with van der Waals surface area (Å²) < 4.78 is 10.4. The van der Waals surface area contributed by atoms with Gasteiger partial charge in [-0.2, -0.15) is 0 Å². The van der Waals surface area contributed by atoms with Gasteiger partial charge in [0.2, 0.25) is 0 Å². The number of ether oxygens (including phenoxy) is 2. The van der Waals surface area contributed by atoms with E-state index in [4.69, 9.17) is 14.6 Å². The average Bonchev–Trinajstić information content (AvgIpc) is 2.31. The van der Waals surface area contributed by atoms with E-state index in [0.717, 1.165) is 6.61 Å². The molecule has 3 nitrogen and oxygen atoms in total. The van der Waals surface area contributed by atoms with Crippen molar-refractivity contribution in [1.29, 1.82) is 0 Å². The van der Waals surface area contributed by atoms with Crippen LogP contribution >= 0.6 is 0 Å². The lowest BCUT2D eigenvalue weighted by atomic mass is 9.90. The van der Waals surface area contributed by atoms with E-state index in [1.54, 1.807) is 13.8 Å². The monoisotopic (exact) mass is 190 g/mol. The fourth-order valence-electron chi connectivity index (χ4n) is 0.834. The molecular formula is C10H22O3. The van der Waals surface area contributed by atoms with E-state index in [0.29, 0.717) is 6.79 Å². The second-order valence-electron chi connectivity index (χ2n) is 4.60. The molecule has 0 aromatic carbocycles. The maximum Gasteiger partial charge on any atom is 0.147 e. The van der Waals surface area contributed by atoms with Crippen LogP contribution < -0.4 is 0 Å². The van der Waals surface area contributed by atoms with Crippen LogP contribution in [-0.4, -0.2) is 30.7 Å². The molecule has 1 aliphatic heterocycles. The summed E-state index contributed by atoms with van der Waals surface area (Å²) >= 11 is 0. The maximum atomic E-state index is 8.06. The van der Waals surface area contributed by atoms with Gasteiger partial charge in [0.25, 0.3) is 0 Å². The zero-order chi connectivity index (χ0) is 10.5. The summed E-state index contributed by atoms with van der Waals surface area (Å²) in [6.45, 7) is 11.1. The third-order valence-electron chi connectivity index (χ3n) is 1.59. The first kappa shape index (κ1) is 12.9. The van der Waals surface area contributed by atoms with Crippen LogP contribution in [0, 0.1) is 5.41 Å². The molecule has 0 radical (unpaired) electrons. The van der Waals surface area contributed by atoms with Crippen molar-refractivity contribution in [2.24, 2.45) is 5.41 Å². The highest BCUT2D eigenvalue weighted by Gasteiger charge is 2.28. The molecule has 1 heterocycles. The lowest BCUT2D eigenvalue weighted by Gasteiger charge is -2.23. The van der Waals surface area contributed by atoms with Crippen molar-refractivity contribution in [2.45, 2.75) is 46.8 Å². The van der Waals surface area contributed by atoms with Crippen LogP contribution in [0.4, 0.5) is 0 Å². The second-order valence-corrected chi connectivity index (χ2v) is 4.60. The quantitative estimate of drug-likeness (QED) is 0.633. The van der Waals surface area contributed by atoms with Gasteiger partial charge in [-0.15, -0.1) is 0 Å². The Bertz CT molecular complexity index is 118. The largest absolute Gasteiger partial charge is 0.394 e. The fourth-order valence-corrected chi connectivity index (χ4v) is 0.834. The molecule has 0 spiro atoms. The van der Waals surface area contributed by atoms with Crippen LogP contribution in [0.3, 0.4) is 0 Å². The van der Waals surface area contributed by atoms with Crippen molar-refractivity contribution < 1.29 is 14.6 Å². The Morgan fingerprint density at radius 3 is 1.92 bits per heavy atom. The van der Waals surface area contributed by atoms with Gasteiger partial charge in [-0.05, 0) is 19.3 Å². The van der Waals surface area contributed by atoms with Gasteiger partial charge in [-0.3, -0.25) is 0 Å². The molecule has 0 aromatic heterocycles. The molecule has 0 aliphatic carbocycles. The molecule has 1 N–H and O–H groups in total. The van der Waals surface area contributed by atoms with Crippen LogP contribution in [-0.2, 0) is 9.47 Å². The van der Waals surface area contributed by atoms with Gasteiger partial charge in [0, 0.05) is 6.10 Å². The molecule has 1 fully saturated rings. The van der Waals surface area contributed by atoms with Crippen molar-refractivity contribution in [2.75, 3.05) is 13.4 Å². The minimum atomic E-state index is -0.167. The van der Waals surface area contributed by atoms with Crippen molar-refractivity contribution in [3.63, 3.8) is 0 Å². The molecule has 1 rings (SSSR count). The number of rotatable bonds is 0. The lowest BCUT2D eigenvalue weighted by Crippen LogP contribution is -2.27. The molecule has 0 aromatic rings. The number of aliphatic hydroxyl groups is 1. The summed E-state index contributed by atoms with van der Waals surface area (Å²) in [5.74, 6) is 0. The van der Waals surface area contributed by atoms with Gasteiger partial charge in [-0.1, -0.05) is 20.8 Å². The van der Waals surface area contributed by atoms with E-state index >= 15 is 0 Å². The Morgan fingerprint density at radius 2 is 1.77 bits per heavy atom. The average molecular weight is 190 g/mol. The Kier molecular flexibility index (Phi) is 5.53. The molecule has 1 saturated heterocycles. The van der Waals surface area contributed by atoms with Crippen LogP contribution in [0.25, 0.3) is 0 Å². The molecule has 80 valence electrons. The smallest absolute Gasteiger partial charge is 0.147 e. The summed E-state index contributed by atoms with van der Waals surface area (Å²) in [7, 11) is 0. The molecular weight excluding hydrogens is 168 g/mol.